The van der Waals surface area contributed by atoms with E-state index in [1.54, 1.807) is 0 Å². The van der Waals surface area contributed by atoms with Crippen LogP contribution in [0.2, 0.25) is 0 Å². The van der Waals surface area contributed by atoms with Crippen molar-refractivity contribution in [2.45, 2.75) is 18.2 Å². The fourth-order valence-electron chi connectivity index (χ4n) is 1.78. The van der Waals surface area contributed by atoms with Crippen molar-refractivity contribution < 1.29 is 18.3 Å². The molecule has 0 spiro atoms. The Labute approximate surface area is 121 Å². The Bertz CT molecular complexity index is 782. The van der Waals surface area contributed by atoms with Crippen LogP contribution < -0.4 is 10.5 Å². The number of rotatable bonds is 5. The summed E-state index contributed by atoms with van der Waals surface area (Å²) in [6, 6.07) is 3.44. The van der Waals surface area contributed by atoms with Gasteiger partial charge >= 0.3 is 5.97 Å². The third kappa shape index (κ3) is 2.97. The molecular weight excluding hydrogens is 296 g/mol. The maximum Gasteiger partial charge on any atom is 0.335 e. The summed E-state index contributed by atoms with van der Waals surface area (Å²) in [6.07, 6.45) is 2.12. The van der Waals surface area contributed by atoms with Crippen LogP contribution in [0.15, 0.2) is 29.3 Å². The third-order valence-corrected chi connectivity index (χ3v) is 4.31. The molecule has 1 aromatic heterocycles. The van der Waals surface area contributed by atoms with Crippen molar-refractivity contribution in [3.8, 4) is 0 Å². The van der Waals surface area contributed by atoms with Crippen LogP contribution in [0.25, 0.3) is 0 Å². The summed E-state index contributed by atoms with van der Waals surface area (Å²) >= 11 is 0. The highest BCUT2D eigenvalue weighted by Gasteiger charge is 2.20. The SMILES string of the molecule is CCc1cn[nH]c1NS(=O)(=O)c1ccc(C(=O)O)cc1N. The molecule has 8 nitrogen and oxygen atoms in total. The van der Waals surface area contributed by atoms with Crippen LogP contribution in [0, 0.1) is 0 Å². The van der Waals surface area contributed by atoms with Gasteiger partial charge in [-0.2, -0.15) is 5.10 Å². The number of nitrogen functional groups attached to an aromatic ring is 1. The molecule has 0 saturated carbocycles. The lowest BCUT2D eigenvalue weighted by molar-refractivity contribution is 0.0697. The first-order valence-electron chi connectivity index (χ1n) is 6.03. The van der Waals surface area contributed by atoms with E-state index in [1.165, 1.54) is 12.3 Å². The predicted molar refractivity (Wildman–Crippen MR) is 76.6 cm³/mol. The Morgan fingerprint density at radius 3 is 2.76 bits per heavy atom. The number of nitrogens with two attached hydrogens (primary N) is 1. The molecule has 2 rings (SSSR count). The van der Waals surface area contributed by atoms with Crippen LogP contribution in [0.3, 0.4) is 0 Å². The number of hydrogen-bond donors (Lipinski definition) is 4. The Balaban J connectivity index is 2.38. The van der Waals surface area contributed by atoms with Crippen molar-refractivity contribution in [2.24, 2.45) is 0 Å². The number of H-pyrrole nitrogens is 1. The Hall–Kier alpha value is -2.55. The summed E-state index contributed by atoms with van der Waals surface area (Å²) in [5.41, 5.74) is 6.12. The minimum absolute atomic E-state index is 0.0813. The maximum absolute atomic E-state index is 12.3. The van der Waals surface area contributed by atoms with Crippen molar-refractivity contribution in [3.63, 3.8) is 0 Å². The van der Waals surface area contributed by atoms with Crippen LogP contribution in [0.4, 0.5) is 11.5 Å². The number of aryl methyl sites for hydroxylation is 1. The first-order valence-corrected chi connectivity index (χ1v) is 7.51. The molecule has 0 aliphatic heterocycles. The molecule has 0 atom stereocenters. The highest BCUT2D eigenvalue weighted by atomic mass is 32.2. The highest BCUT2D eigenvalue weighted by Crippen LogP contribution is 2.23. The van der Waals surface area contributed by atoms with E-state index in [0.29, 0.717) is 12.0 Å². The average Bonchev–Trinajstić information content (AvgIpc) is 2.84. The summed E-state index contributed by atoms with van der Waals surface area (Å²) in [4.78, 5) is 10.6. The molecule has 9 heteroatoms. The summed E-state index contributed by atoms with van der Waals surface area (Å²) in [5, 5.41) is 15.2. The number of hydrogen-bond acceptors (Lipinski definition) is 5. The van der Waals surface area contributed by atoms with Gasteiger partial charge in [0.25, 0.3) is 10.0 Å². The zero-order valence-corrected chi connectivity index (χ0v) is 11.9. The summed E-state index contributed by atoms with van der Waals surface area (Å²) in [5.74, 6) is -0.917. The van der Waals surface area contributed by atoms with Gasteiger partial charge in [-0.25, -0.2) is 13.2 Å². The standard InChI is InChI=1S/C12H14N4O4S/c1-2-7-6-14-15-11(7)16-21(19,20)10-4-3-8(12(17)18)5-9(10)13/h3-6H,2,13H2,1H3,(H,17,18)(H2,14,15,16). The molecule has 1 aromatic carbocycles. The van der Waals surface area contributed by atoms with E-state index in [9.17, 15) is 13.2 Å². The van der Waals surface area contributed by atoms with Crippen LogP contribution in [-0.4, -0.2) is 29.7 Å². The average molecular weight is 310 g/mol. The topological polar surface area (TPSA) is 138 Å². The molecular formula is C12H14N4O4S. The zero-order chi connectivity index (χ0) is 15.6. The van der Waals surface area contributed by atoms with E-state index in [1.807, 2.05) is 6.92 Å². The smallest absolute Gasteiger partial charge is 0.335 e. The minimum atomic E-state index is -3.93. The quantitative estimate of drug-likeness (QED) is 0.609. The number of benzene rings is 1. The van der Waals surface area contributed by atoms with E-state index in [2.05, 4.69) is 14.9 Å². The number of aromatic nitrogens is 2. The maximum atomic E-state index is 12.3. The summed E-state index contributed by atoms with van der Waals surface area (Å²) in [7, 11) is -3.93. The van der Waals surface area contributed by atoms with Gasteiger partial charge in [0.1, 0.15) is 10.7 Å². The Kier molecular flexibility index (Phi) is 3.85. The first kappa shape index (κ1) is 14.9. The minimum Gasteiger partial charge on any atom is -0.478 e. The molecule has 0 aliphatic carbocycles. The fraction of sp³-hybridized carbons (Fsp3) is 0.167. The van der Waals surface area contributed by atoms with Crippen molar-refractivity contribution in [1.29, 1.82) is 0 Å². The molecule has 21 heavy (non-hydrogen) atoms. The van der Waals surface area contributed by atoms with Crippen LogP contribution in [-0.2, 0) is 16.4 Å². The third-order valence-electron chi connectivity index (χ3n) is 2.88. The first-order chi connectivity index (χ1) is 9.85. The van der Waals surface area contributed by atoms with Crippen molar-refractivity contribution in [3.05, 3.63) is 35.5 Å². The molecule has 1 heterocycles. The molecule has 0 saturated heterocycles. The second-order valence-corrected chi connectivity index (χ2v) is 5.94. The normalized spacial score (nSPS) is 11.3. The lowest BCUT2D eigenvalue weighted by atomic mass is 10.2. The van der Waals surface area contributed by atoms with E-state index >= 15 is 0 Å². The Morgan fingerprint density at radius 2 is 2.19 bits per heavy atom. The Morgan fingerprint density at radius 1 is 1.48 bits per heavy atom. The molecule has 0 fully saturated rings. The van der Waals surface area contributed by atoms with Gasteiger partial charge in [-0.15, -0.1) is 0 Å². The largest absolute Gasteiger partial charge is 0.478 e. The van der Waals surface area contributed by atoms with E-state index < -0.39 is 16.0 Å². The number of sulfonamides is 1. The van der Waals surface area contributed by atoms with Gasteiger partial charge in [-0.05, 0) is 24.6 Å². The molecule has 0 unspecified atom stereocenters. The van der Waals surface area contributed by atoms with Gasteiger partial charge < -0.3 is 10.8 Å². The highest BCUT2D eigenvalue weighted by molar-refractivity contribution is 7.92. The van der Waals surface area contributed by atoms with E-state index in [-0.39, 0.29) is 22.0 Å². The number of carbonyl (C=O) groups is 1. The second-order valence-electron chi connectivity index (χ2n) is 4.29. The molecule has 0 aliphatic rings. The lowest BCUT2D eigenvalue weighted by Gasteiger charge is -2.10. The van der Waals surface area contributed by atoms with Crippen LogP contribution >= 0.6 is 0 Å². The molecule has 112 valence electrons. The van der Waals surface area contributed by atoms with Crippen LogP contribution in [0.5, 0.6) is 0 Å². The molecule has 5 N–H and O–H groups in total. The molecule has 0 amide bonds. The number of aromatic carboxylic acids is 1. The van der Waals surface area contributed by atoms with Gasteiger partial charge in [0.05, 0.1) is 17.4 Å². The number of carboxylic acid groups (broad SMARTS) is 1. The summed E-state index contributed by atoms with van der Waals surface area (Å²) < 4.78 is 26.9. The van der Waals surface area contributed by atoms with E-state index in [4.69, 9.17) is 10.8 Å². The van der Waals surface area contributed by atoms with Crippen molar-refractivity contribution in [2.75, 3.05) is 10.5 Å². The van der Waals surface area contributed by atoms with E-state index in [0.717, 1.165) is 12.1 Å². The number of nitrogens with zero attached hydrogens (tertiary/aromatic N) is 1. The molecule has 2 aromatic rings. The number of nitrogens with one attached hydrogen (secondary N) is 2. The van der Waals surface area contributed by atoms with Crippen molar-refractivity contribution >= 4 is 27.5 Å². The van der Waals surface area contributed by atoms with Gasteiger partial charge in [-0.1, -0.05) is 6.92 Å². The number of carboxylic acids is 1. The van der Waals surface area contributed by atoms with Gasteiger partial charge in [0.2, 0.25) is 0 Å². The fourth-order valence-corrected chi connectivity index (χ4v) is 2.95. The zero-order valence-electron chi connectivity index (χ0n) is 11.1. The monoisotopic (exact) mass is 310 g/mol. The van der Waals surface area contributed by atoms with Gasteiger partial charge in [0.15, 0.2) is 0 Å². The second kappa shape index (κ2) is 5.44. The predicted octanol–water partition coefficient (Wildman–Crippen LogP) is 1.05. The van der Waals surface area contributed by atoms with Crippen LogP contribution in [0.1, 0.15) is 22.8 Å². The van der Waals surface area contributed by atoms with Gasteiger partial charge in [-0.3, -0.25) is 9.82 Å². The van der Waals surface area contributed by atoms with Gasteiger partial charge in [0, 0.05) is 5.56 Å². The molecule has 0 bridgehead atoms. The van der Waals surface area contributed by atoms with Crippen molar-refractivity contribution in [1.82, 2.24) is 10.2 Å². The summed E-state index contributed by atoms with van der Waals surface area (Å²) in [6.45, 7) is 1.86. The number of aromatic amines is 1. The molecule has 0 radical (unpaired) electrons. The number of anilines is 2. The lowest BCUT2D eigenvalue weighted by Crippen LogP contribution is -2.16.